The van der Waals surface area contributed by atoms with Crippen LogP contribution in [0, 0.1) is 0 Å². The van der Waals surface area contributed by atoms with Gasteiger partial charge in [0.15, 0.2) is 4.80 Å². The molecular formula is C35H28N2O3S. The average molecular weight is 557 g/mol. The Kier molecular flexibility index (Phi) is 6.61. The maximum Gasteiger partial charge on any atom is 0.271 e. The predicted octanol–water partition coefficient (Wildman–Crippen LogP) is 5.91. The topological polar surface area (TPSA) is 52.8 Å². The van der Waals surface area contributed by atoms with Gasteiger partial charge in [0.1, 0.15) is 18.1 Å². The zero-order chi connectivity index (χ0) is 27.8. The van der Waals surface area contributed by atoms with E-state index in [1.807, 2.05) is 83.4 Å². The van der Waals surface area contributed by atoms with E-state index >= 15 is 0 Å². The van der Waals surface area contributed by atoms with Crippen molar-refractivity contribution < 1.29 is 9.47 Å². The number of aryl methyl sites for hydroxylation is 1. The van der Waals surface area contributed by atoms with Crippen LogP contribution in [0.1, 0.15) is 40.3 Å². The second-order valence-electron chi connectivity index (χ2n) is 10.2. The number of para-hydroxylation sites is 2. The third-order valence-corrected chi connectivity index (χ3v) is 8.73. The number of aromatic nitrogens is 1. The highest BCUT2D eigenvalue weighted by molar-refractivity contribution is 7.07. The molecule has 0 unspecified atom stereocenters. The van der Waals surface area contributed by atoms with Crippen LogP contribution in [0.2, 0.25) is 0 Å². The summed E-state index contributed by atoms with van der Waals surface area (Å²) in [5, 5.41) is 0. The van der Waals surface area contributed by atoms with Crippen molar-refractivity contribution >= 4 is 23.1 Å². The van der Waals surface area contributed by atoms with Gasteiger partial charge in [-0.2, -0.15) is 0 Å². The standard InChI is InChI=1S/C35H28N2O3S/c1-39-30-18-10-8-16-27(30)33-28-20-19-24-13-5-7-15-26(24)32(28)36-35-37(33)34(38)31(41-35)21-25-14-6-9-17-29(25)40-22-23-11-3-2-4-12-23/h2-18,21,33H,19-20,22H2,1H3/b31-21-/t33-/m1/s1. The van der Waals surface area contributed by atoms with Gasteiger partial charge in [0.25, 0.3) is 5.56 Å². The summed E-state index contributed by atoms with van der Waals surface area (Å²) >= 11 is 1.42. The van der Waals surface area contributed by atoms with Crippen LogP contribution < -0.4 is 24.4 Å². The van der Waals surface area contributed by atoms with Crippen molar-refractivity contribution in [3.05, 3.63) is 156 Å². The van der Waals surface area contributed by atoms with Crippen LogP contribution in [-0.2, 0) is 13.0 Å². The first-order valence-corrected chi connectivity index (χ1v) is 14.5. The van der Waals surface area contributed by atoms with Crippen molar-refractivity contribution in [2.24, 2.45) is 4.99 Å². The van der Waals surface area contributed by atoms with E-state index in [2.05, 4.69) is 30.3 Å². The Balaban J connectivity index is 1.39. The number of hydrogen-bond acceptors (Lipinski definition) is 5. The molecule has 0 spiro atoms. The van der Waals surface area contributed by atoms with Crippen molar-refractivity contribution in [3.63, 3.8) is 0 Å². The summed E-state index contributed by atoms with van der Waals surface area (Å²) in [6.45, 7) is 0.451. The van der Waals surface area contributed by atoms with Crippen molar-refractivity contribution in [1.82, 2.24) is 4.57 Å². The third kappa shape index (κ3) is 4.60. The predicted molar refractivity (Wildman–Crippen MR) is 163 cm³/mol. The van der Waals surface area contributed by atoms with Crippen LogP contribution in [0.15, 0.2) is 118 Å². The van der Waals surface area contributed by atoms with Gasteiger partial charge < -0.3 is 9.47 Å². The van der Waals surface area contributed by atoms with Gasteiger partial charge in [-0.05, 0) is 47.8 Å². The lowest BCUT2D eigenvalue weighted by molar-refractivity contribution is 0.305. The fraction of sp³-hybridized carbons (Fsp3) is 0.143. The molecule has 1 aliphatic carbocycles. The molecule has 4 aromatic carbocycles. The summed E-state index contributed by atoms with van der Waals surface area (Å²) < 4.78 is 14.5. The maximum absolute atomic E-state index is 14.2. The molecule has 0 saturated carbocycles. The first-order valence-electron chi connectivity index (χ1n) is 13.7. The molecule has 1 atom stereocenters. The Hall–Kier alpha value is -4.68. The smallest absolute Gasteiger partial charge is 0.271 e. The normalized spacial score (nSPS) is 15.9. The zero-order valence-corrected chi connectivity index (χ0v) is 23.4. The van der Waals surface area contributed by atoms with Gasteiger partial charge >= 0.3 is 0 Å². The molecule has 6 heteroatoms. The molecule has 2 aliphatic rings. The minimum Gasteiger partial charge on any atom is -0.496 e. The minimum absolute atomic E-state index is 0.0621. The van der Waals surface area contributed by atoms with Gasteiger partial charge in [0.05, 0.1) is 23.4 Å². The van der Waals surface area contributed by atoms with E-state index in [-0.39, 0.29) is 11.6 Å². The molecule has 0 bridgehead atoms. The monoisotopic (exact) mass is 556 g/mol. The highest BCUT2D eigenvalue weighted by Crippen LogP contribution is 2.43. The summed E-state index contributed by atoms with van der Waals surface area (Å²) in [7, 11) is 1.68. The number of ether oxygens (including phenoxy) is 2. The van der Waals surface area contributed by atoms with Gasteiger partial charge in [-0.15, -0.1) is 0 Å². The number of methoxy groups -OCH3 is 1. The molecule has 41 heavy (non-hydrogen) atoms. The second kappa shape index (κ2) is 10.7. The van der Waals surface area contributed by atoms with E-state index in [1.54, 1.807) is 7.11 Å². The highest BCUT2D eigenvalue weighted by Gasteiger charge is 2.34. The maximum atomic E-state index is 14.2. The number of rotatable bonds is 6. The molecule has 1 aromatic heterocycles. The van der Waals surface area contributed by atoms with E-state index in [9.17, 15) is 4.79 Å². The first-order chi connectivity index (χ1) is 20.2. The Morgan fingerprint density at radius 2 is 1.61 bits per heavy atom. The lowest BCUT2D eigenvalue weighted by Crippen LogP contribution is -2.39. The van der Waals surface area contributed by atoms with E-state index in [0.29, 0.717) is 15.9 Å². The van der Waals surface area contributed by atoms with E-state index < -0.39 is 0 Å². The fourth-order valence-corrected chi connectivity index (χ4v) is 6.79. The van der Waals surface area contributed by atoms with Gasteiger partial charge in [0.2, 0.25) is 0 Å². The van der Waals surface area contributed by atoms with Crippen LogP contribution >= 0.6 is 11.3 Å². The summed E-state index contributed by atoms with van der Waals surface area (Å²) in [6, 6.07) is 34.1. The summed E-state index contributed by atoms with van der Waals surface area (Å²) in [5.74, 6) is 1.50. The molecule has 0 amide bonds. The fourth-order valence-electron chi connectivity index (χ4n) is 5.80. The highest BCUT2D eigenvalue weighted by atomic mass is 32.1. The number of thiazole rings is 1. The molecule has 0 radical (unpaired) electrons. The number of nitrogens with zero attached hydrogens (tertiary/aromatic N) is 2. The van der Waals surface area contributed by atoms with E-state index in [4.69, 9.17) is 14.5 Å². The average Bonchev–Trinajstić information content (AvgIpc) is 3.34. The molecule has 5 aromatic rings. The van der Waals surface area contributed by atoms with Crippen LogP contribution in [0.5, 0.6) is 11.5 Å². The van der Waals surface area contributed by atoms with Crippen LogP contribution in [0.4, 0.5) is 0 Å². The lowest BCUT2D eigenvalue weighted by Gasteiger charge is -2.31. The molecule has 202 valence electrons. The molecule has 7 rings (SSSR count). The minimum atomic E-state index is -0.294. The number of allylic oxidation sites excluding steroid dienone is 1. The third-order valence-electron chi connectivity index (χ3n) is 7.75. The van der Waals surface area contributed by atoms with Gasteiger partial charge in [-0.3, -0.25) is 9.36 Å². The van der Waals surface area contributed by atoms with Crippen molar-refractivity contribution in [1.29, 1.82) is 0 Å². The van der Waals surface area contributed by atoms with Crippen LogP contribution in [0.3, 0.4) is 0 Å². The van der Waals surface area contributed by atoms with Gasteiger partial charge in [-0.1, -0.05) is 102 Å². The lowest BCUT2D eigenvalue weighted by atomic mass is 9.83. The summed E-state index contributed by atoms with van der Waals surface area (Å²) in [6.07, 6.45) is 3.67. The Bertz CT molecular complexity index is 1970. The van der Waals surface area contributed by atoms with E-state index in [0.717, 1.165) is 57.9 Å². The zero-order valence-electron chi connectivity index (χ0n) is 22.6. The summed E-state index contributed by atoms with van der Waals surface area (Å²) in [4.78, 5) is 20.0. The first kappa shape index (κ1) is 25.3. The number of benzene rings is 4. The molecular weight excluding hydrogens is 528 g/mol. The number of hydrogen-bond donors (Lipinski definition) is 0. The van der Waals surface area contributed by atoms with Crippen molar-refractivity contribution in [2.45, 2.75) is 25.5 Å². The number of fused-ring (bicyclic) bond motifs is 3. The van der Waals surface area contributed by atoms with Crippen LogP contribution in [0.25, 0.3) is 11.8 Å². The van der Waals surface area contributed by atoms with Gasteiger partial charge in [-0.25, -0.2) is 4.99 Å². The molecule has 5 nitrogen and oxygen atoms in total. The van der Waals surface area contributed by atoms with Crippen molar-refractivity contribution in [2.75, 3.05) is 7.11 Å². The molecule has 2 heterocycles. The van der Waals surface area contributed by atoms with Crippen LogP contribution in [-0.4, -0.2) is 11.7 Å². The van der Waals surface area contributed by atoms with Crippen molar-refractivity contribution in [3.8, 4) is 11.5 Å². The Morgan fingerprint density at radius 3 is 2.46 bits per heavy atom. The van der Waals surface area contributed by atoms with Gasteiger partial charge in [0, 0.05) is 16.7 Å². The SMILES string of the molecule is COc1ccccc1[C@@H]1C2=C(N=c3s/c(=C\c4ccccc4OCc4ccccc4)c(=O)n31)c1ccccc1CC2. The molecule has 1 aliphatic heterocycles. The molecule has 0 N–H and O–H groups in total. The summed E-state index contributed by atoms with van der Waals surface area (Å²) in [5.41, 5.74) is 7.41. The molecule has 0 fully saturated rings. The molecule has 0 saturated heterocycles. The second-order valence-corrected chi connectivity index (χ2v) is 11.2. The van der Waals surface area contributed by atoms with E-state index in [1.165, 1.54) is 16.9 Å². The Morgan fingerprint density at radius 1 is 0.878 bits per heavy atom. The largest absolute Gasteiger partial charge is 0.496 e. The quantitative estimate of drug-likeness (QED) is 0.262. The Labute approximate surface area is 242 Å².